The fourth-order valence-corrected chi connectivity index (χ4v) is 3.87. The molecule has 2 aromatic heterocycles. The molecule has 0 aliphatic carbocycles. The highest BCUT2D eigenvalue weighted by atomic mass is 32.2. The van der Waals surface area contributed by atoms with Crippen LogP contribution in [0.5, 0.6) is 23.3 Å². The highest BCUT2D eigenvalue weighted by Crippen LogP contribution is 2.39. The average molecular weight is 465 g/mol. The lowest BCUT2D eigenvalue weighted by molar-refractivity contribution is 0.354. The average Bonchev–Trinajstić information content (AvgIpc) is 2.76. The van der Waals surface area contributed by atoms with Gasteiger partial charge in [0.2, 0.25) is 11.8 Å². The van der Waals surface area contributed by atoms with Crippen LogP contribution in [0.25, 0.3) is 0 Å². The highest BCUT2D eigenvalue weighted by molar-refractivity contribution is 7.98. The van der Waals surface area contributed by atoms with Gasteiger partial charge >= 0.3 is 0 Å². The van der Waals surface area contributed by atoms with Gasteiger partial charge < -0.3 is 29.7 Å². The number of benzene rings is 1. The third kappa shape index (κ3) is 4.35. The molecule has 0 saturated carbocycles. The number of aromatic hydroxyl groups is 2. The number of H-pyrrole nitrogens is 2. The maximum atomic E-state index is 12.9. The Hall–Kier alpha value is -3.12. The lowest BCUT2D eigenvalue weighted by Crippen LogP contribution is -2.26. The third-order valence-corrected chi connectivity index (χ3v) is 5.69. The lowest BCUT2D eigenvalue weighted by atomic mass is 9.86. The van der Waals surface area contributed by atoms with Crippen LogP contribution in [0.1, 0.15) is 22.6 Å². The predicted molar refractivity (Wildman–Crippen MR) is 117 cm³/mol. The summed E-state index contributed by atoms with van der Waals surface area (Å²) >= 11 is 2.27. The molecule has 3 rings (SSSR count). The molecule has 12 heteroatoms. The van der Waals surface area contributed by atoms with Gasteiger partial charge in [-0.1, -0.05) is 29.6 Å². The molecule has 2 heterocycles. The molecule has 0 aliphatic rings. The first-order valence-electron chi connectivity index (χ1n) is 8.80. The SMILES string of the molecule is COc1ccc(C(c2c(O)nc(SC)[nH]c2=O)c2c(O)nc(SC)[nH]c2=O)cc1OC. The van der Waals surface area contributed by atoms with Crippen LogP contribution in [-0.4, -0.2) is 56.9 Å². The summed E-state index contributed by atoms with van der Waals surface area (Å²) in [6, 6.07) is 4.73. The highest BCUT2D eigenvalue weighted by Gasteiger charge is 2.31. The summed E-state index contributed by atoms with van der Waals surface area (Å²) in [4.78, 5) is 38.9. The van der Waals surface area contributed by atoms with Gasteiger partial charge in [-0.15, -0.1) is 0 Å². The molecule has 0 spiro atoms. The minimum atomic E-state index is -1.20. The maximum Gasteiger partial charge on any atom is 0.259 e. The molecule has 0 saturated heterocycles. The second kappa shape index (κ2) is 9.35. The summed E-state index contributed by atoms with van der Waals surface area (Å²) in [6.07, 6.45) is 3.37. The van der Waals surface area contributed by atoms with E-state index in [-0.39, 0.29) is 21.4 Å². The van der Waals surface area contributed by atoms with Gasteiger partial charge in [0, 0.05) is 0 Å². The van der Waals surface area contributed by atoms with Crippen molar-refractivity contribution in [2.24, 2.45) is 0 Å². The molecule has 0 aliphatic heterocycles. The first kappa shape index (κ1) is 22.6. The Kier molecular flexibility index (Phi) is 6.81. The van der Waals surface area contributed by atoms with Crippen LogP contribution in [0, 0.1) is 0 Å². The van der Waals surface area contributed by atoms with Gasteiger partial charge in [-0.05, 0) is 30.2 Å². The number of hydrogen-bond acceptors (Lipinski definition) is 10. The van der Waals surface area contributed by atoms with Gasteiger partial charge in [-0.25, -0.2) is 0 Å². The molecule has 0 unspecified atom stereocenters. The summed E-state index contributed by atoms with van der Waals surface area (Å²) < 4.78 is 10.6. The summed E-state index contributed by atoms with van der Waals surface area (Å²) in [7, 11) is 2.91. The molecule has 3 aromatic rings. The minimum Gasteiger partial charge on any atom is -0.493 e. The zero-order valence-electron chi connectivity index (χ0n) is 17.0. The largest absolute Gasteiger partial charge is 0.493 e. The lowest BCUT2D eigenvalue weighted by Gasteiger charge is -2.20. The fourth-order valence-electron chi connectivity index (χ4n) is 3.12. The molecule has 0 amide bonds. The van der Waals surface area contributed by atoms with E-state index >= 15 is 0 Å². The van der Waals surface area contributed by atoms with Crippen molar-refractivity contribution in [1.82, 2.24) is 19.9 Å². The number of nitrogens with one attached hydrogen (secondary N) is 2. The van der Waals surface area contributed by atoms with Crippen molar-refractivity contribution in [1.29, 1.82) is 0 Å². The third-order valence-electron chi connectivity index (χ3n) is 4.53. The van der Waals surface area contributed by atoms with E-state index in [1.807, 2.05) is 0 Å². The molecule has 164 valence electrons. The first-order valence-corrected chi connectivity index (χ1v) is 11.3. The Balaban J connectivity index is 2.37. The van der Waals surface area contributed by atoms with E-state index < -0.39 is 28.8 Å². The van der Waals surface area contributed by atoms with Crippen LogP contribution >= 0.6 is 23.5 Å². The van der Waals surface area contributed by atoms with Gasteiger partial charge in [-0.2, -0.15) is 9.97 Å². The molecule has 4 N–H and O–H groups in total. The van der Waals surface area contributed by atoms with Gasteiger partial charge in [-0.3, -0.25) is 9.59 Å². The molecule has 10 nitrogen and oxygen atoms in total. The standard InChI is InChI=1S/C19H20N4O6S2/c1-28-9-6-5-8(7-10(9)29-2)11(12-14(24)20-18(30-3)21-15(12)25)13-16(26)22-19(31-4)23-17(13)27/h5-7,11H,1-4H3,(H2,20,21,24,25)(H2,22,23,26,27). The normalized spacial score (nSPS) is 11.0. The van der Waals surface area contributed by atoms with Crippen molar-refractivity contribution in [3.63, 3.8) is 0 Å². The second-order valence-electron chi connectivity index (χ2n) is 6.17. The molecule has 0 radical (unpaired) electrons. The first-order chi connectivity index (χ1) is 14.8. The van der Waals surface area contributed by atoms with Gasteiger partial charge in [0.15, 0.2) is 21.8 Å². The number of hydrogen-bond donors (Lipinski definition) is 4. The Morgan fingerprint density at radius 2 is 1.35 bits per heavy atom. The van der Waals surface area contributed by atoms with Crippen LogP contribution in [0.2, 0.25) is 0 Å². The van der Waals surface area contributed by atoms with Gasteiger partial charge in [0.1, 0.15) is 0 Å². The Morgan fingerprint density at radius 3 is 1.74 bits per heavy atom. The van der Waals surface area contributed by atoms with Crippen molar-refractivity contribution in [2.75, 3.05) is 26.7 Å². The van der Waals surface area contributed by atoms with Crippen molar-refractivity contribution >= 4 is 23.5 Å². The molecule has 0 fully saturated rings. The second-order valence-corrected chi connectivity index (χ2v) is 7.76. The summed E-state index contributed by atoms with van der Waals surface area (Å²) in [5.74, 6) is -1.58. The number of aromatic nitrogens is 4. The number of methoxy groups -OCH3 is 2. The zero-order chi connectivity index (χ0) is 22.7. The monoisotopic (exact) mass is 464 g/mol. The van der Waals surface area contributed by atoms with Gasteiger partial charge in [0.25, 0.3) is 11.1 Å². The van der Waals surface area contributed by atoms with Crippen molar-refractivity contribution < 1.29 is 19.7 Å². The van der Waals surface area contributed by atoms with Crippen molar-refractivity contribution in [3.05, 3.63) is 55.6 Å². The van der Waals surface area contributed by atoms with E-state index in [0.717, 1.165) is 23.5 Å². The van der Waals surface area contributed by atoms with Crippen molar-refractivity contribution in [3.8, 4) is 23.3 Å². The van der Waals surface area contributed by atoms with Crippen LogP contribution in [-0.2, 0) is 0 Å². The number of thioether (sulfide) groups is 2. The van der Waals surface area contributed by atoms with Gasteiger partial charge in [0.05, 0.1) is 31.3 Å². The quantitative estimate of drug-likeness (QED) is 0.301. The zero-order valence-corrected chi connectivity index (χ0v) is 18.7. The fraction of sp³-hybridized carbons (Fsp3) is 0.263. The topological polar surface area (TPSA) is 150 Å². The number of aromatic amines is 2. The molecule has 0 atom stereocenters. The molecule has 31 heavy (non-hydrogen) atoms. The molecule has 1 aromatic carbocycles. The van der Waals surface area contributed by atoms with Crippen molar-refractivity contribution in [2.45, 2.75) is 16.2 Å². The van der Waals surface area contributed by atoms with Crippen LogP contribution in [0.15, 0.2) is 38.1 Å². The Labute approximate surface area is 185 Å². The predicted octanol–water partition coefficient (Wildman–Crippen LogP) is 1.91. The minimum absolute atomic E-state index is 0.200. The van der Waals surface area contributed by atoms with Crippen LogP contribution < -0.4 is 20.6 Å². The smallest absolute Gasteiger partial charge is 0.259 e. The Bertz CT molecular complexity index is 1160. The van der Waals surface area contributed by atoms with Crippen LogP contribution in [0.3, 0.4) is 0 Å². The maximum absolute atomic E-state index is 12.9. The van der Waals surface area contributed by atoms with E-state index in [1.54, 1.807) is 30.7 Å². The van der Waals surface area contributed by atoms with E-state index in [1.165, 1.54) is 14.2 Å². The van der Waals surface area contributed by atoms with E-state index in [0.29, 0.717) is 17.1 Å². The Morgan fingerprint density at radius 1 is 0.871 bits per heavy atom. The summed E-state index contributed by atoms with van der Waals surface area (Å²) in [6.45, 7) is 0. The van der Waals surface area contributed by atoms with E-state index in [2.05, 4.69) is 19.9 Å². The van der Waals surface area contributed by atoms with E-state index in [4.69, 9.17) is 9.47 Å². The number of nitrogens with zero attached hydrogens (tertiary/aromatic N) is 2. The summed E-state index contributed by atoms with van der Waals surface area (Å²) in [5, 5.41) is 21.6. The van der Waals surface area contributed by atoms with E-state index in [9.17, 15) is 19.8 Å². The number of rotatable bonds is 7. The summed E-state index contributed by atoms with van der Waals surface area (Å²) in [5.41, 5.74) is -1.39. The molecular formula is C19H20N4O6S2. The molecular weight excluding hydrogens is 444 g/mol. The van der Waals surface area contributed by atoms with Crippen LogP contribution in [0.4, 0.5) is 0 Å². The molecule has 0 bridgehead atoms. The number of ether oxygens (including phenoxy) is 2.